The Morgan fingerprint density at radius 1 is 1.14 bits per heavy atom. The predicted octanol–water partition coefficient (Wildman–Crippen LogP) is 5.81. The van der Waals surface area contributed by atoms with Crippen LogP contribution in [0.25, 0.3) is 0 Å². The number of hydrogen-bond acceptors (Lipinski definition) is 2. The topological polar surface area (TPSA) is 29.5 Å². The minimum absolute atomic E-state index is 0.194. The van der Waals surface area contributed by atoms with Crippen molar-refractivity contribution in [1.29, 1.82) is 0 Å². The van der Waals surface area contributed by atoms with Crippen molar-refractivity contribution in [3.8, 4) is 0 Å². The van der Waals surface area contributed by atoms with Crippen LogP contribution in [-0.4, -0.2) is 37.8 Å². The van der Waals surface area contributed by atoms with Crippen LogP contribution in [-0.2, 0) is 4.74 Å². The van der Waals surface area contributed by atoms with Crippen LogP contribution >= 0.6 is 0 Å². The summed E-state index contributed by atoms with van der Waals surface area (Å²) >= 11 is 0. The first-order chi connectivity index (χ1) is 13.1. The Labute approximate surface area is 172 Å². The van der Waals surface area contributed by atoms with Gasteiger partial charge < -0.3 is 9.64 Å². The van der Waals surface area contributed by atoms with E-state index in [0.717, 1.165) is 32.4 Å². The fraction of sp³-hybridized carbons (Fsp3) is 0.583. The number of likely N-dealkylation sites (tertiary alicyclic amines) is 1. The fourth-order valence-electron chi connectivity index (χ4n) is 3.54. The van der Waals surface area contributed by atoms with Gasteiger partial charge in [-0.25, -0.2) is 4.79 Å². The van der Waals surface area contributed by atoms with Gasteiger partial charge in [0.2, 0.25) is 0 Å². The molecule has 4 heteroatoms. The van der Waals surface area contributed by atoms with Crippen LogP contribution in [0.2, 0.25) is 13.1 Å². The highest BCUT2D eigenvalue weighted by Gasteiger charge is 2.29. The number of piperidine rings is 1. The minimum atomic E-state index is -1.72. The van der Waals surface area contributed by atoms with Crippen molar-refractivity contribution >= 4 is 19.4 Å². The highest BCUT2D eigenvalue weighted by atomic mass is 28.3. The van der Waals surface area contributed by atoms with Gasteiger partial charge in [-0.3, -0.25) is 0 Å². The van der Waals surface area contributed by atoms with Gasteiger partial charge in [-0.1, -0.05) is 62.0 Å². The number of carbonyl (C=O) groups excluding carboxylic acids is 1. The molecule has 1 aromatic rings. The number of nitrogens with zero attached hydrogens (tertiary/aromatic N) is 1. The molecule has 0 bridgehead atoms. The SMILES string of the molecule is CCCCC(=C=C1CCN(C(=O)OC(C)(C)C)CC1)[Si](C)(C)c1ccccc1. The average Bonchev–Trinajstić information content (AvgIpc) is 2.64. The lowest BCUT2D eigenvalue weighted by Crippen LogP contribution is -2.43. The van der Waals surface area contributed by atoms with Crippen molar-refractivity contribution in [3.63, 3.8) is 0 Å². The summed E-state index contributed by atoms with van der Waals surface area (Å²) in [6.45, 7) is 14.3. The van der Waals surface area contributed by atoms with Crippen LogP contribution in [0.5, 0.6) is 0 Å². The Morgan fingerprint density at radius 2 is 1.75 bits per heavy atom. The largest absolute Gasteiger partial charge is 0.444 e. The monoisotopic (exact) mass is 399 g/mol. The maximum Gasteiger partial charge on any atom is 0.410 e. The number of benzene rings is 1. The third-order valence-corrected chi connectivity index (χ3v) is 9.04. The van der Waals surface area contributed by atoms with E-state index in [4.69, 9.17) is 4.74 Å². The second kappa shape index (κ2) is 9.62. The summed E-state index contributed by atoms with van der Waals surface area (Å²) in [4.78, 5) is 14.1. The van der Waals surface area contributed by atoms with Gasteiger partial charge in [-0.2, -0.15) is 0 Å². The Kier molecular flexibility index (Phi) is 7.74. The van der Waals surface area contributed by atoms with Gasteiger partial charge in [-0.05, 0) is 57.2 Å². The third-order valence-electron chi connectivity index (χ3n) is 5.38. The number of ether oxygens (including phenoxy) is 1. The first-order valence-corrected chi connectivity index (χ1v) is 13.6. The van der Waals surface area contributed by atoms with Crippen molar-refractivity contribution in [2.45, 2.75) is 78.5 Å². The van der Waals surface area contributed by atoms with Crippen molar-refractivity contribution < 1.29 is 9.53 Å². The lowest BCUT2D eigenvalue weighted by molar-refractivity contribution is 0.0236. The lowest BCUT2D eigenvalue weighted by atomic mass is 10.0. The molecule has 1 heterocycles. The Balaban J connectivity index is 2.20. The number of hydrogen-bond donors (Lipinski definition) is 0. The average molecular weight is 400 g/mol. The molecule has 0 spiro atoms. The molecule has 0 saturated carbocycles. The molecule has 0 atom stereocenters. The zero-order chi connectivity index (χ0) is 20.8. The first kappa shape index (κ1) is 22.5. The summed E-state index contributed by atoms with van der Waals surface area (Å²) in [6.07, 6.45) is 5.14. The maximum absolute atomic E-state index is 12.3. The molecule has 154 valence electrons. The van der Waals surface area contributed by atoms with Gasteiger partial charge in [-0.15, -0.1) is 5.73 Å². The molecule has 2 rings (SSSR count). The summed E-state index contributed by atoms with van der Waals surface area (Å²) in [5.41, 5.74) is 4.78. The molecule has 1 aliphatic heterocycles. The molecule has 3 nitrogen and oxygen atoms in total. The summed E-state index contributed by atoms with van der Waals surface area (Å²) in [5.74, 6) is 0. The highest BCUT2D eigenvalue weighted by molar-refractivity contribution is 6.95. The second-order valence-corrected chi connectivity index (χ2v) is 13.7. The zero-order valence-electron chi connectivity index (χ0n) is 18.6. The molecule has 28 heavy (non-hydrogen) atoms. The molecule has 1 fully saturated rings. The van der Waals surface area contributed by atoms with E-state index in [1.165, 1.54) is 28.8 Å². The standard InChI is InChI=1S/C24H37NO2Si/c1-7-8-12-22(28(5,6)21-13-10-9-11-14-21)19-20-15-17-25(18-16-20)23(26)27-24(2,3)4/h9-11,13-14H,7-8,12,15-18H2,1-6H3. The minimum Gasteiger partial charge on any atom is -0.444 e. The normalized spacial score (nSPS) is 15.2. The van der Waals surface area contributed by atoms with E-state index >= 15 is 0 Å². The molecule has 1 aliphatic rings. The van der Waals surface area contributed by atoms with Gasteiger partial charge in [0.05, 0.1) is 0 Å². The van der Waals surface area contributed by atoms with Gasteiger partial charge in [0, 0.05) is 13.1 Å². The Hall–Kier alpha value is -1.77. The molecule has 1 amide bonds. The van der Waals surface area contributed by atoms with E-state index in [1.54, 1.807) is 0 Å². The number of carbonyl (C=O) groups is 1. The summed E-state index contributed by atoms with van der Waals surface area (Å²) in [5, 5.41) is 2.99. The molecule has 0 unspecified atom stereocenters. The van der Waals surface area contributed by atoms with Crippen LogP contribution < -0.4 is 5.19 Å². The van der Waals surface area contributed by atoms with Gasteiger partial charge in [0.15, 0.2) is 0 Å². The molecule has 0 N–H and O–H groups in total. The first-order valence-electron chi connectivity index (χ1n) is 10.6. The van der Waals surface area contributed by atoms with Crippen molar-refractivity contribution in [1.82, 2.24) is 4.90 Å². The smallest absolute Gasteiger partial charge is 0.410 e. The van der Waals surface area contributed by atoms with Crippen molar-refractivity contribution in [2.75, 3.05) is 13.1 Å². The summed E-state index contributed by atoms with van der Waals surface area (Å²) < 4.78 is 5.52. The quantitative estimate of drug-likeness (QED) is 0.461. The second-order valence-electron chi connectivity index (χ2n) is 9.27. The lowest BCUT2D eigenvalue weighted by Gasteiger charge is -2.31. The number of unbranched alkanes of at least 4 members (excludes halogenated alkanes) is 1. The van der Waals surface area contributed by atoms with Crippen LogP contribution in [0, 0.1) is 0 Å². The molecular weight excluding hydrogens is 362 g/mol. The molecule has 0 radical (unpaired) electrons. The number of amides is 1. The predicted molar refractivity (Wildman–Crippen MR) is 121 cm³/mol. The summed E-state index contributed by atoms with van der Waals surface area (Å²) in [6, 6.07) is 10.9. The van der Waals surface area contributed by atoms with Crippen molar-refractivity contribution in [2.24, 2.45) is 0 Å². The van der Waals surface area contributed by atoms with E-state index in [-0.39, 0.29) is 6.09 Å². The van der Waals surface area contributed by atoms with Gasteiger partial charge >= 0.3 is 6.09 Å². The van der Waals surface area contributed by atoms with E-state index < -0.39 is 13.7 Å². The third kappa shape index (κ3) is 6.39. The van der Waals surface area contributed by atoms with E-state index in [2.05, 4.69) is 56.1 Å². The Morgan fingerprint density at radius 3 is 2.29 bits per heavy atom. The zero-order valence-corrected chi connectivity index (χ0v) is 19.6. The maximum atomic E-state index is 12.3. The molecule has 0 aromatic heterocycles. The highest BCUT2D eigenvalue weighted by Crippen LogP contribution is 2.24. The Bertz CT molecular complexity index is 715. The van der Waals surface area contributed by atoms with Crippen molar-refractivity contribution in [3.05, 3.63) is 46.8 Å². The number of rotatable bonds is 5. The van der Waals surface area contributed by atoms with Crippen LogP contribution in [0.1, 0.15) is 59.8 Å². The van der Waals surface area contributed by atoms with E-state index in [0.29, 0.717) is 0 Å². The molecule has 0 aliphatic carbocycles. The molecular formula is C24H37NO2Si. The van der Waals surface area contributed by atoms with Crippen LogP contribution in [0.3, 0.4) is 0 Å². The molecule has 1 aromatic carbocycles. The van der Waals surface area contributed by atoms with E-state index in [9.17, 15) is 4.79 Å². The van der Waals surface area contributed by atoms with Gasteiger partial charge in [0.1, 0.15) is 13.7 Å². The molecule has 1 saturated heterocycles. The van der Waals surface area contributed by atoms with Crippen LogP contribution in [0.4, 0.5) is 4.79 Å². The van der Waals surface area contributed by atoms with Crippen LogP contribution in [0.15, 0.2) is 46.8 Å². The summed E-state index contributed by atoms with van der Waals surface area (Å²) in [7, 11) is -1.72. The van der Waals surface area contributed by atoms with E-state index in [1.807, 2.05) is 25.7 Å². The van der Waals surface area contributed by atoms with Gasteiger partial charge in [0.25, 0.3) is 0 Å². The fourth-order valence-corrected chi connectivity index (χ4v) is 6.20.